The van der Waals surface area contributed by atoms with Gasteiger partial charge in [0.05, 0.1) is 13.7 Å². The second-order valence-corrected chi connectivity index (χ2v) is 12.6. The molecule has 0 radical (unpaired) electrons. The van der Waals surface area contributed by atoms with E-state index in [1.54, 1.807) is 20.8 Å². The molecule has 1 rings (SSSR count). The SMILES string of the molecule is COC(=O)[C@@H]1CC(O)(C#C[Si](C)(C)C)CN1C(=O)OC(C)(C)C. The zero-order valence-corrected chi connectivity index (χ0v) is 16.0. The summed E-state index contributed by atoms with van der Waals surface area (Å²) in [7, 11) is -0.438. The van der Waals surface area contributed by atoms with E-state index in [2.05, 4.69) is 31.1 Å². The van der Waals surface area contributed by atoms with Gasteiger partial charge in [-0.15, -0.1) is 5.54 Å². The lowest BCUT2D eigenvalue weighted by Crippen LogP contribution is -2.44. The van der Waals surface area contributed by atoms with Gasteiger partial charge in [0, 0.05) is 6.42 Å². The van der Waals surface area contributed by atoms with Crippen LogP contribution in [0, 0.1) is 11.5 Å². The Morgan fingerprint density at radius 2 is 1.87 bits per heavy atom. The molecule has 0 aromatic rings. The molecule has 1 fully saturated rings. The number of aliphatic hydroxyl groups is 1. The highest BCUT2D eigenvalue weighted by Crippen LogP contribution is 2.29. The molecule has 7 heteroatoms. The minimum atomic E-state index is -1.69. The number of nitrogens with zero attached hydrogens (tertiary/aromatic N) is 1. The fourth-order valence-electron chi connectivity index (χ4n) is 2.14. The number of amides is 1. The van der Waals surface area contributed by atoms with Crippen molar-refractivity contribution in [1.82, 2.24) is 4.90 Å². The molecule has 1 aliphatic rings. The fraction of sp³-hybridized carbons (Fsp3) is 0.750. The molecule has 1 aliphatic heterocycles. The van der Waals surface area contributed by atoms with E-state index >= 15 is 0 Å². The predicted molar refractivity (Wildman–Crippen MR) is 89.4 cm³/mol. The number of β-amino-alcohol motifs (C(OH)–C–C–N with tert-alkyl or cyclic N) is 1. The highest BCUT2D eigenvalue weighted by atomic mass is 28.3. The first-order valence-electron chi connectivity index (χ1n) is 7.60. The lowest BCUT2D eigenvalue weighted by atomic mass is 10.0. The predicted octanol–water partition coefficient (Wildman–Crippen LogP) is 1.78. The molecule has 0 bridgehead atoms. The lowest BCUT2D eigenvalue weighted by Gasteiger charge is -2.27. The molecule has 1 heterocycles. The highest BCUT2D eigenvalue weighted by molar-refractivity contribution is 6.83. The molecule has 130 valence electrons. The first-order chi connectivity index (χ1) is 10.3. The molecule has 1 saturated heterocycles. The maximum atomic E-state index is 12.3. The standard InChI is InChI=1S/C16H27NO5Si/c1-15(2,3)22-14(19)17-11-16(20,8-9-23(5,6)7)10-12(17)13(18)21-4/h12,20H,10-11H2,1-7H3/t12-,16?/m0/s1. The van der Waals surface area contributed by atoms with E-state index < -0.39 is 37.4 Å². The van der Waals surface area contributed by atoms with Crippen LogP contribution in [0.4, 0.5) is 4.79 Å². The number of ether oxygens (including phenoxy) is 2. The molecule has 1 unspecified atom stereocenters. The summed E-state index contributed by atoms with van der Waals surface area (Å²) >= 11 is 0. The van der Waals surface area contributed by atoms with Crippen molar-refractivity contribution in [1.29, 1.82) is 0 Å². The third-order valence-electron chi connectivity index (χ3n) is 3.11. The van der Waals surface area contributed by atoms with Gasteiger partial charge in [-0.25, -0.2) is 9.59 Å². The number of hydrogen-bond acceptors (Lipinski definition) is 5. The largest absolute Gasteiger partial charge is 0.467 e. The molecule has 1 amide bonds. The normalized spacial score (nSPS) is 24.7. The van der Waals surface area contributed by atoms with E-state index in [-0.39, 0.29) is 13.0 Å². The third-order valence-corrected chi connectivity index (χ3v) is 3.99. The van der Waals surface area contributed by atoms with Crippen molar-refractivity contribution < 1.29 is 24.2 Å². The first kappa shape index (κ1) is 19.5. The maximum Gasteiger partial charge on any atom is 0.411 e. The summed E-state index contributed by atoms with van der Waals surface area (Å²) in [5.41, 5.74) is 0.985. The number of esters is 1. The number of hydrogen-bond donors (Lipinski definition) is 1. The van der Waals surface area contributed by atoms with Crippen LogP contribution in [0.2, 0.25) is 19.6 Å². The van der Waals surface area contributed by atoms with Crippen LogP contribution in [-0.4, -0.2) is 61.0 Å². The molecule has 1 N–H and O–H groups in total. The Bertz CT molecular complexity index is 537. The molecule has 23 heavy (non-hydrogen) atoms. The van der Waals surface area contributed by atoms with Crippen LogP contribution in [-0.2, 0) is 14.3 Å². The molecular formula is C16H27NO5Si. The molecule has 0 aromatic heterocycles. The molecule has 0 aliphatic carbocycles. The van der Waals surface area contributed by atoms with Gasteiger partial charge in [0.25, 0.3) is 0 Å². The minimum Gasteiger partial charge on any atom is -0.467 e. The second kappa shape index (κ2) is 6.54. The Balaban J connectivity index is 3.05. The van der Waals surface area contributed by atoms with Crippen LogP contribution in [0.25, 0.3) is 0 Å². The van der Waals surface area contributed by atoms with E-state index in [1.165, 1.54) is 12.0 Å². The average Bonchev–Trinajstić information content (AvgIpc) is 2.72. The Labute approximate surface area is 139 Å². The van der Waals surface area contributed by atoms with Crippen LogP contribution >= 0.6 is 0 Å². The van der Waals surface area contributed by atoms with Gasteiger partial charge in [-0.1, -0.05) is 25.6 Å². The zero-order chi connectivity index (χ0) is 18.1. The second-order valence-electron chi connectivity index (χ2n) is 7.88. The Kier molecular flexibility index (Phi) is 5.55. The van der Waals surface area contributed by atoms with Crippen molar-refractivity contribution in [2.45, 2.75) is 64.1 Å². The van der Waals surface area contributed by atoms with Gasteiger partial charge in [-0.3, -0.25) is 4.90 Å². The number of likely N-dealkylation sites (tertiary alicyclic amines) is 1. The minimum absolute atomic E-state index is 0.0242. The molecule has 0 spiro atoms. The lowest BCUT2D eigenvalue weighted by molar-refractivity contribution is -0.145. The number of carbonyl (C=O) groups is 2. The van der Waals surface area contributed by atoms with Gasteiger partial charge in [0.2, 0.25) is 0 Å². The summed E-state index contributed by atoms with van der Waals surface area (Å²) in [6, 6.07) is -0.893. The van der Waals surface area contributed by atoms with Gasteiger partial charge in [-0.2, -0.15) is 0 Å². The van der Waals surface area contributed by atoms with E-state index in [0.29, 0.717) is 0 Å². The summed E-state index contributed by atoms with van der Waals surface area (Å²) in [5, 5.41) is 10.7. The average molecular weight is 341 g/mol. The van der Waals surface area contributed by atoms with Crippen LogP contribution in [0.15, 0.2) is 0 Å². The summed E-state index contributed by atoms with van der Waals surface area (Å²) in [5.74, 6) is 2.28. The summed E-state index contributed by atoms with van der Waals surface area (Å²) in [6.07, 6.45) is -0.630. The fourth-order valence-corrected chi connectivity index (χ4v) is 2.75. The van der Waals surface area contributed by atoms with E-state index in [9.17, 15) is 14.7 Å². The zero-order valence-electron chi connectivity index (χ0n) is 15.0. The molecule has 6 nitrogen and oxygen atoms in total. The Morgan fingerprint density at radius 3 is 2.30 bits per heavy atom. The van der Waals surface area contributed by atoms with Crippen LogP contribution < -0.4 is 0 Å². The quantitative estimate of drug-likeness (QED) is 0.447. The molecule has 0 saturated carbocycles. The van der Waals surface area contributed by atoms with Crippen molar-refractivity contribution in [3.05, 3.63) is 0 Å². The van der Waals surface area contributed by atoms with Gasteiger partial charge >= 0.3 is 12.1 Å². The Hall–Kier alpha value is -1.52. The van der Waals surface area contributed by atoms with Crippen molar-refractivity contribution >= 4 is 20.1 Å². The van der Waals surface area contributed by atoms with Crippen molar-refractivity contribution in [3.63, 3.8) is 0 Å². The monoisotopic (exact) mass is 341 g/mol. The van der Waals surface area contributed by atoms with Gasteiger partial charge < -0.3 is 14.6 Å². The summed E-state index contributed by atoms with van der Waals surface area (Å²) in [4.78, 5) is 25.5. The first-order valence-corrected chi connectivity index (χ1v) is 11.1. The van der Waals surface area contributed by atoms with Crippen LogP contribution in [0.1, 0.15) is 27.2 Å². The van der Waals surface area contributed by atoms with Crippen LogP contribution in [0.3, 0.4) is 0 Å². The number of carbonyl (C=O) groups excluding carboxylic acids is 2. The van der Waals surface area contributed by atoms with Gasteiger partial charge in [-0.05, 0) is 20.8 Å². The van der Waals surface area contributed by atoms with Gasteiger partial charge in [0.1, 0.15) is 25.3 Å². The smallest absolute Gasteiger partial charge is 0.411 e. The van der Waals surface area contributed by atoms with E-state index in [0.717, 1.165) is 0 Å². The third kappa shape index (κ3) is 5.88. The number of methoxy groups -OCH3 is 1. The summed E-state index contributed by atoms with van der Waals surface area (Å²) in [6.45, 7) is 11.3. The van der Waals surface area contributed by atoms with E-state index in [4.69, 9.17) is 9.47 Å². The van der Waals surface area contributed by atoms with Crippen LogP contribution in [0.5, 0.6) is 0 Å². The Morgan fingerprint density at radius 1 is 1.30 bits per heavy atom. The van der Waals surface area contributed by atoms with Crippen molar-refractivity contribution in [2.24, 2.45) is 0 Å². The number of rotatable bonds is 1. The molecular weight excluding hydrogens is 314 g/mol. The molecule has 0 aromatic carbocycles. The summed E-state index contributed by atoms with van der Waals surface area (Å²) < 4.78 is 10.1. The maximum absolute atomic E-state index is 12.3. The topological polar surface area (TPSA) is 76.1 Å². The van der Waals surface area contributed by atoms with Crippen molar-refractivity contribution in [2.75, 3.05) is 13.7 Å². The molecule has 2 atom stereocenters. The van der Waals surface area contributed by atoms with E-state index in [1.807, 2.05) is 0 Å². The highest BCUT2D eigenvalue weighted by Gasteiger charge is 2.49. The van der Waals surface area contributed by atoms with Gasteiger partial charge in [0.15, 0.2) is 0 Å². The van der Waals surface area contributed by atoms with Crippen molar-refractivity contribution in [3.8, 4) is 11.5 Å².